The van der Waals surface area contributed by atoms with Crippen LogP contribution in [0.4, 0.5) is 0 Å². The van der Waals surface area contributed by atoms with E-state index in [4.69, 9.17) is 0 Å². The van der Waals surface area contributed by atoms with Gasteiger partial charge in [-0.15, -0.1) is 11.3 Å². The third-order valence-corrected chi connectivity index (χ3v) is 5.42. The van der Waals surface area contributed by atoms with Gasteiger partial charge in [-0.3, -0.25) is 9.59 Å². The summed E-state index contributed by atoms with van der Waals surface area (Å²) in [6, 6.07) is 0. The summed E-state index contributed by atoms with van der Waals surface area (Å²) < 4.78 is 0. The topological polar surface area (TPSA) is 53.5 Å². The lowest BCUT2D eigenvalue weighted by Gasteiger charge is -2.43. The molecule has 0 aromatic carbocycles. The molecule has 6 heteroatoms. The van der Waals surface area contributed by atoms with Crippen LogP contribution in [-0.4, -0.2) is 52.3 Å². The highest BCUT2D eigenvalue weighted by Gasteiger charge is 2.52. The van der Waals surface area contributed by atoms with Gasteiger partial charge in [0.1, 0.15) is 10.4 Å². The molecule has 2 aliphatic rings. The van der Waals surface area contributed by atoms with Crippen LogP contribution < -0.4 is 0 Å². The van der Waals surface area contributed by atoms with Crippen LogP contribution in [0.3, 0.4) is 0 Å². The van der Waals surface area contributed by atoms with E-state index in [-0.39, 0.29) is 11.8 Å². The van der Waals surface area contributed by atoms with Gasteiger partial charge in [-0.05, 0) is 32.6 Å². The third kappa shape index (κ3) is 1.85. The molecule has 108 valence electrons. The van der Waals surface area contributed by atoms with E-state index in [2.05, 4.69) is 4.98 Å². The van der Waals surface area contributed by atoms with E-state index < -0.39 is 5.54 Å². The molecule has 0 N–H and O–H groups in total. The summed E-state index contributed by atoms with van der Waals surface area (Å²) in [7, 11) is 1.84. The maximum absolute atomic E-state index is 12.8. The molecule has 2 amide bonds. The van der Waals surface area contributed by atoms with E-state index in [9.17, 15) is 9.59 Å². The fourth-order valence-electron chi connectivity index (χ4n) is 3.46. The van der Waals surface area contributed by atoms with Crippen LogP contribution in [0, 0.1) is 6.92 Å². The van der Waals surface area contributed by atoms with Gasteiger partial charge in [-0.1, -0.05) is 0 Å². The lowest BCUT2D eigenvalue weighted by molar-refractivity contribution is -0.144. The average Bonchev–Trinajstić information content (AvgIpc) is 3.02. The molecule has 0 aliphatic carbocycles. The molecule has 2 saturated heterocycles. The van der Waals surface area contributed by atoms with Gasteiger partial charge in [0.2, 0.25) is 5.91 Å². The van der Waals surface area contributed by atoms with Crippen LogP contribution in [0.1, 0.15) is 41.0 Å². The largest absolute Gasteiger partial charge is 0.344 e. The van der Waals surface area contributed by atoms with E-state index in [1.807, 2.05) is 18.9 Å². The number of likely N-dealkylation sites (N-methyl/N-ethyl adjacent to an activating group) is 1. The number of nitrogens with zero attached hydrogens (tertiary/aromatic N) is 3. The summed E-state index contributed by atoms with van der Waals surface area (Å²) in [5.74, 6) is 0.0860. The van der Waals surface area contributed by atoms with Crippen molar-refractivity contribution < 1.29 is 9.59 Å². The number of aryl methyl sites for hydroxylation is 1. The number of hydrogen-bond donors (Lipinski definition) is 0. The van der Waals surface area contributed by atoms with Gasteiger partial charge in [0.05, 0.1) is 11.2 Å². The summed E-state index contributed by atoms with van der Waals surface area (Å²) in [6.45, 7) is 3.32. The summed E-state index contributed by atoms with van der Waals surface area (Å²) in [5.41, 5.74) is 1.86. The van der Waals surface area contributed by atoms with Crippen molar-refractivity contribution in [2.24, 2.45) is 0 Å². The Kier molecular flexibility index (Phi) is 3.28. The Morgan fingerprint density at radius 1 is 1.35 bits per heavy atom. The molecule has 1 aromatic rings. The van der Waals surface area contributed by atoms with E-state index in [0.29, 0.717) is 11.4 Å². The Balaban J connectivity index is 1.95. The highest BCUT2D eigenvalue weighted by atomic mass is 32.1. The van der Waals surface area contributed by atoms with Gasteiger partial charge >= 0.3 is 0 Å². The normalized spacial score (nSPS) is 26.6. The first-order chi connectivity index (χ1) is 9.56. The molecule has 3 rings (SSSR count). The highest BCUT2D eigenvalue weighted by Crippen LogP contribution is 2.39. The van der Waals surface area contributed by atoms with E-state index in [0.717, 1.165) is 37.9 Å². The molecule has 2 fully saturated rings. The molecule has 1 atom stereocenters. The Bertz CT molecular complexity index is 556. The molecule has 2 aliphatic heterocycles. The predicted molar refractivity (Wildman–Crippen MR) is 76.7 cm³/mol. The summed E-state index contributed by atoms with van der Waals surface area (Å²) in [6.07, 6.45) is 3.45. The summed E-state index contributed by atoms with van der Waals surface area (Å²) >= 11 is 1.37. The maximum atomic E-state index is 12.8. The Morgan fingerprint density at radius 3 is 2.70 bits per heavy atom. The Morgan fingerprint density at radius 2 is 2.05 bits per heavy atom. The van der Waals surface area contributed by atoms with Crippen molar-refractivity contribution >= 4 is 23.2 Å². The Labute approximate surface area is 122 Å². The SMILES string of the molecule is Cc1ncsc1C(=O)N1CCCC12CCCN(C)C2=O. The number of amides is 2. The molecule has 0 bridgehead atoms. The number of aromatic nitrogens is 1. The van der Waals surface area contributed by atoms with Crippen LogP contribution in [0.5, 0.6) is 0 Å². The molecule has 3 heterocycles. The lowest BCUT2D eigenvalue weighted by Crippen LogP contribution is -2.60. The van der Waals surface area contributed by atoms with Crippen LogP contribution in [-0.2, 0) is 4.79 Å². The molecule has 0 saturated carbocycles. The number of carbonyl (C=O) groups is 2. The quantitative estimate of drug-likeness (QED) is 0.791. The van der Waals surface area contributed by atoms with Gasteiger partial charge in [-0.2, -0.15) is 0 Å². The number of piperidine rings is 1. The van der Waals surface area contributed by atoms with Crippen molar-refractivity contribution in [1.82, 2.24) is 14.8 Å². The zero-order chi connectivity index (χ0) is 14.3. The second kappa shape index (κ2) is 4.84. The van der Waals surface area contributed by atoms with Gasteiger partial charge in [0.15, 0.2) is 0 Å². The van der Waals surface area contributed by atoms with Crippen molar-refractivity contribution in [3.05, 3.63) is 16.1 Å². The van der Waals surface area contributed by atoms with Crippen LogP contribution in [0.15, 0.2) is 5.51 Å². The molecular weight excluding hydrogens is 274 g/mol. The highest BCUT2D eigenvalue weighted by molar-refractivity contribution is 7.11. The zero-order valence-electron chi connectivity index (χ0n) is 11.9. The standard InChI is InChI=1S/C14H19N3O2S/c1-10-11(20-9-15-10)12(18)17-8-4-6-14(17)5-3-7-16(2)13(14)19/h9H,3-8H2,1-2H3. The minimum atomic E-state index is -0.597. The van der Waals surface area contributed by atoms with Crippen LogP contribution in [0.25, 0.3) is 0 Å². The smallest absolute Gasteiger partial charge is 0.266 e. The van der Waals surface area contributed by atoms with Crippen molar-refractivity contribution in [2.45, 2.75) is 38.1 Å². The Hall–Kier alpha value is -1.43. The van der Waals surface area contributed by atoms with Crippen molar-refractivity contribution in [2.75, 3.05) is 20.1 Å². The van der Waals surface area contributed by atoms with Crippen LogP contribution in [0.2, 0.25) is 0 Å². The molecule has 1 unspecified atom stereocenters. The minimum absolute atomic E-state index is 0.0221. The maximum Gasteiger partial charge on any atom is 0.266 e. The second-order valence-electron chi connectivity index (χ2n) is 5.69. The van der Waals surface area contributed by atoms with Crippen molar-refractivity contribution in [3.8, 4) is 0 Å². The summed E-state index contributed by atoms with van der Waals surface area (Å²) in [4.78, 5) is 33.8. The predicted octanol–water partition coefficient (Wildman–Crippen LogP) is 1.68. The zero-order valence-corrected chi connectivity index (χ0v) is 12.7. The number of hydrogen-bond acceptors (Lipinski definition) is 4. The minimum Gasteiger partial charge on any atom is -0.344 e. The number of likely N-dealkylation sites (tertiary alicyclic amines) is 2. The van der Waals surface area contributed by atoms with E-state index in [1.54, 1.807) is 10.4 Å². The lowest BCUT2D eigenvalue weighted by atomic mass is 9.85. The first kappa shape index (κ1) is 13.5. The van der Waals surface area contributed by atoms with Crippen LogP contribution >= 0.6 is 11.3 Å². The van der Waals surface area contributed by atoms with Crippen molar-refractivity contribution in [1.29, 1.82) is 0 Å². The number of rotatable bonds is 1. The summed E-state index contributed by atoms with van der Waals surface area (Å²) in [5, 5.41) is 0. The van der Waals surface area contributed by atoms with Crippen molar-refractivity contribution in [3.63, 3.8) is 0 Å². The van der Waals surface area contributed by atoms with Gasteiger partial charge < -0.3 is 9.80 Å². The molecule has 1 aromatic heterocycles. The molecule has 0 radical (unpaired) electrons. The second-order valence-corrected chi connectivity index (χ2v) is 6.54. The third-order valence-electron chi connectivity index (χ3n) is 4.50. The van der Waals surface area contributed by atoms with Gasteiger partial charge in [0.25, 0.3) is 5.91 Å². The number of thiazole rings is 1. The van der Waals surface area contributed by atoms with E-state index >= 15 is 0 Å². The van der Waals surface area contributed by atoms with Gasteiger partial charge in [0, 0.05) is 20.1 Å². The first-order valence-corrected chi connectivity index (χ1v) is 7.92. The fourth-order valence-corrected chi connectivity index (χ4v) is 4.21. The molecular formula is C14H19N3O2S. The average molecular weight is 293 g/mol. The fraction of sp³-hybridized carbons (Fsp3) is 0.643. The number of carbonyl (C=O) groups excluding carboxylic acids is 2. The van der Waals surface area contributed by atoms with E-state index in [1.165, 1.54) is 11.3 Å². The van der Waals surface area contributed by atoms with Gasteiger partial charge in [-0.25, -0.2) is 4.98 Å². The molecule has 20 heavy (non-hydrogen) atoms. The monoisotopic (exact) mass is 293 g/mol. The first-order valence-electron chi connectivity index (χ1n) is 7.04. The molecule has 5 nitrogen and oxygen atoms in total. The molecule has 1 spiro atoms.